The molecule has 1 fully saturated rings. The Morgan fingerprint density at radius 3 is 2.88 bits per heavy atom. The van der Waals surface area contributed by atoms with Crippen molar-refractivity contribution in [3.05, 3.63) is 35.4 Å². The maximum Gasteiger partial charge on any atom is 0.160 e. The van der Waals surface area contributed by atoms with E-state index in [2.05, 4.69) is 5.32 Å². The molecule has 0 spiro atoms. The first-order valence-electron chi connectivity index (χ1n) is 6.09. The van der Waals surface area contributed by atoms with Crippen molar-refractivity contribution in [2.24, 2.45) is 0 Å². The van der Waals surface area contributed by atoms with Crippen LogP contribution in [-0.4, -0.2) is 24.5 Å². The van der Waals surface area contributed by atoms with Gasteiger partial charge in [0.15, 0.2) is 5.78 Å². The van der Waals surface area contributed by atoms with E-state index in [-0.39, 0.29) is 5.78 Å². The Kier molecular flexibility index (Phi) is 3.57. The number of benzene rings is 1. The van der Waals surface area contributed by atoms with Crippen molar-refractivity contribution in [3.8, 4) is 0 Å². The van der Waals surface area contributed by atoms with Gasteiger partial charge in [0.1, 0.15) is 5.67 Å². The summed E-state index contributed by atoms with van der Waals surface area (Å²) in [4.78, 5) is 11.5. The molecule has 0 radical (unpaired) electrons. The first-order valence-corrected chi connectivity index (χ1v) is 6.09. The largest absolute Gasteiger partial charge is 0.314 e. The van der Waals surface area contributed by atoms with Crippen LogP contribution in [0.15, 0.2) is 24.3 Å². The van der Waals surface area contributed by atoms with Gasteiger partial charge in [-0.1, -0.05) is 24.3 Å². The number of rotatable bonds is 3. The number of alkyl halides is 1. The third-order valence-electron chi connectivity index (χ3n) is 3.32. The van der Waals surface area contributed by atoms with Gasteiger partial charge in [-0.3, -0.25) is 4.79 Å². The van der Waals surface area contributed by atoms with E-state index in [4.69, 9.17) is 0 Å². The van der Waals surface area contributed by atoms with E-state index >= 15 is 0 Å². The molecule has 0 bridgehead atoms. The lowest BCUT2D eigenvalue weighted by molar-refractivity contribution is 0.101. The van der Waals surface area contributed by atoms with Crippen LogP contribution in [0.5, 0.6) is 0 Å². The zero-order valence-electron chi connectivity index (χ0n) is 10.1. The van der Waals surface area contributed by atoms with Gasteiger partial charge in [-0.2, -0.15) is 0 Å². The van der Waals surface area contributed by atoms with Gasteiger partial charge in [-0.25, -0.2) is 4.39 Å². The molecule has 1 aromatic rings. The minimum Gasteiger partial charge on any atom is -0.314 e. The summed E-state index contributed by atoms with van der Waals surface area (Å²) in [5, 5.41) is 3.08. The molecule has 1 unspecified atom stereocenters. The lowest BCUT2D eigenvalue weighted by Gasteiger charge is -2.30. The van der Waals surface area contributed by atoms with Crippen LogP contribution in [0.25, 0.3) is 0 Å². The molecule has 92 valence electrons. The molecule has 17 heavy (non-hydrogen) atoms. The van der Waals surface area contributed by atoms with Gasteiger partial charge in [0, 0.05) is 18.5 Å². The number of ketones is 1. The summed E-state index contributed by atoms with van der Waals surface area (Å²) in [6, 6.07) is 7.32. The summed E-state index contributed by atoms with van der Waals surface area (Å²) in [6.45, 7) is 2.81. The number of hydrogen-bond donors (Lipinski definition) is 1. The van der Waals surface area contributed by atoms with E-state index in [1.54, 1.807) is 6.07 Å². The van der Waals surface area contributed by atoms with Crippen molar-refractivity contribution in [3.63, 3.8) is 0 Å². The zero-order chi connectivity index (χ0) is 12.3. The molecular weight excluding hydrogens is 217 g/mol. The summed E-state index contributed by atoms with van der Waals surface area (Å²) in [5.41, 5.74) is 0.269. The molecule has 0 aromatic heterocycles. The monoisotopic (exact) mass is 235 g/mol. The number of carbonyl (C=O) groups is 1. The first-order chi connectivity index (χ1) is 8.11. The van der Waals surface area contributed by atoms with Crippen LogP contribution < -0.4 is 5.32 Å². The Bertz CT molecular complexity index is 410. The van der Waals surface area contributed by atoms with Gasteiger partial charge in [-0.05, 0) is 31.9 Å². The molecule has 1 aliphatic heterocycles. The lowest BCUT2D eigenvalue weighted by Crippen LogP contribution is -2.43. The van der Waals surface area contributed by atoms with Crippen LogP contribution in [0.1, 0.15) is 35.7 Å². The van der Waals surface area contributed by atoms with Gasteiger partial charge >= 0.3 is 0 Å². The number of nitrogens with one attached hydrogen (secondary N) is 1. The SMILES string of the molecule is CC(=O)c1ccccc1CC1(F)CCCNC1. The van der Waals surface area contributed by atoms with Gasteiger partial charge in [0.05, 0.1) is 0 Å². The first kappa shape index (κ1) is 12.2. The number of Topliss-reactive ketones (excluding diaryl/α,β-unsaturated/α-hetero) is 1. The van der Waals surface area contributed by atoms with Crippen molar-refractivity contribution >= 4 is 5.78 Å². The molecule has 1 saturated heterocycles. The summed E-state index contributed by atoms with van der Waals surface area (Å²) >= 11 is 0. The van der Waals surface area contributed by atoms with Crippen molar-refractivity contribution in [2.75, 3.05) is 13.1 Å². The van der Waals surface area contributed by atoms with Crippen LogP contribution in [0.4, 0.5) is 4.39 Å². The van der Waals surface area contributed by atoms with Crippen LogP contribution >= 0.6 is 0 Å². The van der Waals surface area contributed by atoms with Crippen molar-refractivity contribution in [1.29, 1.82) is 0 Å². The van der Waals surface area contributed by atoms with Gasteiger partial charge in [-0.15, -0.1) is 0 Å². The topological polar surface area (TPSA) is 29.1 Å². The number of carbonyl (C=O) groups excluding carboxylic acids is 1. The third-order valence-corrected chi connectivity index (χ3v) is 3.32. The highest BCUT2D eigenvalue weighted by Crippen LogP contribution is 2.27. The maximum absolute atomic E-state index is 14.5. The summed E-state index contributed by atoms with van der Waals surface area (Å²) < 4.78 is 14.5. The molecule has 1 atom stereocenters. The fourth-order valence-electron chi connectivity index (χ4n) is 2.44. The van der Waals surface area contributed by atoms with E-state index in [1.165, 1.54) is 6.92 Å². The standard InChI is InChI=1S/C14H18FNO/c1-11(17)13-6-3-2-5-12(13)9-14(15)7-4-8-16-10-14/h2-3,5-6,16H,4,7-10H2,1H3. The van der Waals surface area contributed by atoms with Crippen LogP contribution in [-0.2, 0) is 6.42 Å². The van der Waals surface area contributed by atoms with Gasteiger partial charge < -0.3 is 5.32 Å². The fourth-order valence-corrected chi connectivity index (χ4v) is 2.44. The number of hydrogen-bond acceptors (Lipinski definition) is 2. The quantitative estimate of drug-likeness (QED) is 0.816. The highest BCUT2D eigenvalue weighted by Gasteiger charge is 2.32. The summed E-state index contributed by atoms with van der Waals surface area (Å²) in [7, 11) is 0. The van der Waals surface area contributed by atoms with E-state index in [0.29, 0.717) is 24.9 Å². The highest BCUT2D eigenvalue weighted by molar-refractivity contribution is 5.95. The Morgan fingerprint density at radius 2 is 2.24 bits per heavy atom. The Labute approximate surface area is 101 Å². The predicted octanol–water partition coefficient (Wildman–Crippen LogP) is 2.52. The smallest absolute Gasteiger partial charge is 0.160 e. The third kappa shape index (κ3) is 2.91. The summed E-state index contributed by atoms with van der Waals surface area (Å²) in [6.07, 6.45) is 1.76. The molecule has 1 aromatic carbocycles. The van der Waals surface area contributed by atoms with E-state index < -0.39 is 5.67 Å². The second kappa shape index (κ2) is 4.96. The fraction of sp³-hybridized carbons (Fsp3) is 0.500. The average Bonchev–Trinajstić information content (AvgIpc) is 2.29. The predicted molar refractivity (Wildman–Crippen MR) is 66.1 cm³/mol. The van der Waals surface area contributed by atoms with E-state index in [1.807, 2.05) is 18.2 Å². The normalized spacial score (nSPS) is 24.6. The maximum atomic E-state index is 14.5. The second-order valence-corrected chi connectivity index (χ2v) is 4.82. The summed E-state index contributed by atoms with van der Waals surface area (Å²) in [5.74, 6) is 0.00738. The molecule has 0 aliphatic carbocycles. The Balaban J connectivity index is 2.20. The lowest BCUT2D eigenvalue weighted by atomic mass is 9.87. The zero-order valence-corrected chi connectivity index (χ0v) is 10.1. The Hall–Kier alpha value is -1.22. The molecular formula is C14H18FNO. The molecule has 0 amide bonds. The van der Waals surface area contributed by atoms with Crippen molar-refractivity contribution < 1.29 is 9.18 Å². The minimum absolute atomic E-state index is 0.00738. The molecule has 0 saturated carbocycles. The highest BCUT2D eigenvalue weighted by atomic mass is 19.1. The number of halogens is 1. The van der Waals surface area contributed by atoms with Crippen LogP contribution in [0.3, 0.4) is 0 Å². The molecule has 1 heterocycles. The Morgan fingerprint density at radius 1 is 1.47 bits per heavy atom. The van der Waals surface area contributed by atoms with Crippen molar-refractivity contribution in [2.45, 2.75) is 31.9 Å². The van der Waals surface area contributed by atoms with Crippen LogP contribution in [0, 0.1) is 0 Å². The van der Waals surface area contributed by atoms with Gasteiger partial charge in [0.25, 0.3) is 0 Å². The number of piperidine rings is 1. The molecule has 2 rings (SSSR count). The average molecular weight is 235 g/mol. The molecule has 1 aliphatic rings. The second-order valence-electron chi connectivity index (χ2n) is 4.82. The van der Waals surface area contributed by atoms with Gasteiger partial charge in [0.2, 0.25) is 0 Å². The van der Waals surface area contributed by atoms with Crippen LogP contribution in [0.2, 0.25) is 0 Å². The van der Waals surface area contributed by atoms with E-state index in [9.17, 15) is 9.18 Å². The molecule has 1 N–H and O–H groups in total. The molecule has 2 nitrogen and oxygen atoms in total. The minimum atomic E-state index is -1.20. The van der Waals surface area contributed by atoms with E-state index in [0.717, 1.165) is 18.5 Å². The molecule has 3 heteroatoms. The van der Waals surface area contributed by atoms with Crippen molar-refractivity contribution in [1.82, 2.24) is 5.32 Å².